The van der Waals surface area contributed by atoms with E-state index in [9.17, 15) is 9.59 Å². The maximum absolute atomic E-state index is 12.3. The summed E-state index contributed by atoms with van der Waals surface area (Å²) >= 11 is 4.81. The Balaban J connectivity index is 2.06. The monoisotopic (exact) mass is 439 g/mol. The zero-order valence-electron chi connectivity index (χ0n) is 15.1. The lowest BCUT2D eigenvalue weighted by Crippen LogP contribution is -2.21. The molecular formula is C19H22BrNO4S. The molecule has 1 aromatic heterocycles. The van der Waals surface area contributed by atoms with Gasteiger partial charge in [-0.05, 0) is 49.6 Å². The van der Waals surface area contributed by atoms with E-state index in [1.807, 2.05) is 32.0 Å². The molecule has 0 saturated heterocycles. The maximum Gasteiger partial charge on any atom is 0.341 e. The van der Waals surface area contributed by atoms with Gasteiger partial charge >= 0.3 is 5.97 Å². The van der Waals surface area contributed by atoms with Gasteiger partial charge in [0.2, 0.25) is 0 Å². The summed E-state index contributed by atoms with van der Waals surface area (Å²) in [7, 11) is 0. The zero-order chi connectivity index (χ0) is 19.1. The minimum atomic E-state index is -0.430. The van der Waals surface area contributed by atoms with E-state index >= 15 is 0 Å². The molecule has 1 amide bonds. The number of ether oxygens (including phenoxy) is 2. The van der Waals surface area contributed by atoms with Crippen LogP contribution in [0.3, 0.4) is 0 Å². The average Bonchev–Trinajstić information content (AvgIpc) is 3.03. The van der Waals surface area contributed by atoms with Crippen LogP contribution in [0, 0.1) is 0 Å². The van der Waals surface area contributed by atoms with Crippen molar-refractivity contribution in [3.63, 3.8) is 0 Å². The number of carbonyl (C=O) groups excluding carboxylic acids is 2. The molecule has 2 rings (SSSR count). The summed E-state index contributed by atoms with van der Waals surface area (Å²) in [5.74, 6) is -0.0669. The molecule has 0 saturated carbocycles. The number of hydrogen-bond donors (Lipinski definition) is 1. The quantitative estimate of drug-likeness (QED) is 0.598. The Labute approximate surface area is 165 Å². The average molecular weight is 440 g/mol. The van der Waals surface area contributed by atoms with Crippen molar-refractivity contribution in [2.45, 2.75) is 33.6 Å². The lowest BCUT2D eigenvalue weighted by atomic mass is 10.1. The molecule has 0 bridgehead atoms. The van der Waals surface area contributed by atoms with Crippen molar-refractivity contribution >= 4 is 44.1 Å². The number of esters is 1. The number of halogens is 1. The highest BCUT2D eigenvalue weighted by molar-refractivity contribution is 9.10. The Morgan fingerprint density at radius 1 is 1.15 bits per heavy atom. The molecule has 0 fully saturated rings. The summed E-state index contributed by atoms with van der Waals surface area (Å²) in [5, 5.41) is 3.27. The van der Waals surface area contributed by atoms with Crippen molar-refractivity contribution < 1.29 is 19.1 Å². The molecule has 2 aromatic rings. The molecule has 0 unspecified atom stereocenters. The van der Waals surface area contributed by atoms with Crippen LogP contribution in [0.1, 0.15) is 41.6 Å². The van der Waals surface area contributed by atoms with Crippen LogP contribution in [0.25, 0.3) is 0 Å². The van der Waals surface area contributed by atoms with E-state index < -0.39 is 5.97 Å². The van der Waals surface area contributed by atoms with E-state index in [1.54, 1.807) is 13.0 Å². The van der Waals surface area contributed by atoms with Gasteiger partial charge in [-0.1, -0.05) is 29.8 Å². The van der Waals surface area contributed by atoms with Gasteiger partial charge in [0.1, 0.15) is 10.8 Å². The standard InChI is InChI=1S/C19H22BrNO4S/c1-4-12-9-13(20)7-8-16(12)25-11-17(22)21-18-15(19(23)24-6-3)10-14(5-2)26-18/h7-10H,4-6,11H2,1-3H3,(H,21,22). The second-order valence-corrected chi connectivity index (χ2v) is 7.52. The topological polar surface area (TPSA) is 64.6 Å². The molecule has 7 heteroatoms. The molecule has 1 aromatic carbocycles. The van der Waals surface area contributed by atoms with E-state index in [1.165, 1.54) is 11.3 Å². The van der Waals surface area contributed by atoms with Gasteiger partial charge in [-0.3, -0.25) is 4.79 Å². The summed E-state index contributed by atoms with van der Waals surface area (Å²) in [5.41, 5.74) is 1.41. The van der Waals surface area contributed by atoms with E-state index in [0.29, 0.717) is 16.3 Å². The fraction of sp³-hybridized carbons (Fsp3) is 0.368. The molecule has 1 N–H and O–H groups in total. The molecule has 26 heavy (non-hydrogen) atoms. The number of nitrogens with one attached hydrogen (secondary N) is 1. The number of carbonyl (C=O) groups is 2. The second-order valence-electron chi connectivity index (χ2n) is 5.47. The SMILES string of the molecule is CCOC(=O)c1cc(CC)sc1NC(=O)COc1ccc(Br)cc1CC. The van der Waals surface area contributed by atoms with Gasteiger partial charge in [-0.15, -0.1) is 11.3 Å². The molecular weight excluding hydrogens is 418 g/mol. The predicted octanol–water partition coefficient (Wildman–Crippen LogP) is 4.83. The Morgan fingerprint density at radius 2 is 1.92 bits per heavy atom. The first-order valence-electron chi connectivity index (χ1n) is 8.49. The van der Waals surface area contributed by atoms with Crippen molar-refractivity contribution in [3.8, 4) is 5.75 Å². The number of anilines is 1. The highest BCUT2D eigenvalue weighted by atomic mass is 79.9. The first-order valence-corrected chi connectivity index (χ1v) is 10.1. The van der Waals surface area contributed by atoms with Crippen LogP contribution >= 0.6 is 27.3 Å². The van der Waals surface area contributed by atoms with Crippen molar-refractivity contribution in [1.29, 1.82) is 0 Å². The number of benzene rings is 1. The third-order valence-electron chi connectivity index (χ3n) is 3.64. The van der Waals surface area contributed by atoms with Crippen LogP contribution in [0.2, 0.25) is 0 Å². The lowest BCUT2D eigenvalue weighted by Gasteiger charge is -2.11. The van der Waals surface area contributed by atoms with E-state index in [2.05, 4.69) is 21.2 Å². The summed E-state index contributed by atoms with van der Waals surface area (Å²) in [6.45, 7) is 5.93. The summed E-state index contributed by atoms with van der Waals surface area (Å²) < 4.78 is 11.7. The summed E-state index contributed by atoms with van der Waals surface area (Å²) in [6, 6.07) is 7.44. The highest BCUT2D eigenvalue weighted by Gasteiger charge is 2.19. The van der Waals surface area contributed by atoms with Crippen LogP contribution in [0.5, 0.6) is 5.75 Å². The molecule has 0 aliphatic carbocycles. The van der Waals surface area contributed by atoms with Crippen LogP contribution in [-0.2, 0) is 22.4 Å². The molecule has 0 aliphatic rings. The molecule has 1 heterocycles. The summed E-state index contributed by atoms with van der Waals surface area (Å²) in [6.07, 6.45) is 1.58. The van der Waals surface area contributed by atoms with Gasteiger partial charge in [0, 0.05) is 9.35 Å². The fourth-order valence-corrected chi connectivity index (χ4v) is 3.75. The molecule has 140 valence electrons. The molecule has 0 atom stereocenters. The van der Waals surface area contributed by atoms with Crippen LogP contribution in [0.15, 0.2) is 28.7 Å². The third kappa shape index (κ3) is 5.32. The van der Waals surface area contributed by atoms with Crippen LogP contribution in [-0.4, -0.2) is 25.1 Å². The molecule has 5 nitrogen and oxygen atoms in total. The number of hydrogen-bond acceptors (Lipinski definition) is 5. The molecule has 0 radical (unpaired) electrons. The first-order chi connectivity index (χ1) is 12.5. The van der Waals surface area contributed by atoms with E-state index in [4.69, 9.17) is 9.47 Å². The second kappa shape index (κ2) is 9.73. The fourth-order valence-electron chi connectivity index (χ4n) is 2.34. The van der Waals surface area contributed by atoms with Gasteiger partial charge in [0.15, 0.2) is 6.61 Å². The minimum absolute atomic E-state index is 0.129. The Hall–Kier alpha value is -1.86. The normalized spacial score (nSPS) is 10.5. The minimum Gasteiger partial charge on any atom is -0.483 e. The number of thiophene rings is 1. The maximum atomic E-state index is 12.3. The first kappa shape index (κ1) is 20.5. The van der Waals surface area contributed by atoms with Crippen molar-refractivity contribution in [2.75, 3.05) is 18.5 Å². The zero-order valence-corrected chi connectivity index (χ0v) is 17.5. The van der Waals surface area contributed by atoms with Crippen molar-refractivity contribution in [2.24, 2.45) is 0 Å². The number of rotatable bonds is 8. The smallest absolute Gasteiger partial charge is 0.341 e. The Bertz CT molecular complexity index is 788. The van der Waals surface area contributed by atoms with Crippen molar-refractivity contribution in [3.05, 3.63) is 44.7 Å². The van der Waals surface area contributed by atoms with Gasteiger partial charge in [-0.25, -0.2) is 4.79 Å². The third-order valence-corrected chi connectivity index (χ3v) is 5.33. The molecule has 0 aliphatic heterocycles. The van der Waals surface area contributed by atoms with E-state index in [-0.39, 0.29) is 19.1 Å². The van der Waals surface area contributed by atoms with Crippen molar-refractivity contribution in [1.82, 2.24) is 0 Å². The van der Waals surface area contributed by atoms with Gasteiger partial charge < -0.3 is 14.8 Å². The Morgan fingerprint density at radius 3 is 2.58 bits per heavy atom. The highest BCUT2D eigenvalue weighted by Crippen LogP contribution is 2.29. The van der Waals surface area contributed by atoms with Crippen LogP contribution < -0.4 is 10.1 Å². The lowest BCUT2D eigenvalue weighted by molar-refractivity contribution is -0.118. The Kier molecular flexibility index (Phi) is 7.66. The van der Waals surface area contributed by atoms with Gasteiger partial charge in [-0.2, -0.15) is 0 Å². The van der Waals surface area contributed by atoms with Gasteiger partial charge in [0.05, 0.1) is 12.2 Å². The molecule has 0 spiro atoms. The number of amides is 1. The largest absolute Gasteiger partial charge is 0.483 e. The van der Waals surface area contributed by atoms with E-state index in [0.717, 1.165) is 27.8 Å². The van der Waals surface area contributed by atoms with Gasteiger partial charge in [0.25, 0.3) is 5.91 Å². The van der Waals surface area contributed by atoms with Crippen LogP contribution in [0.4, 0.5) is 5.00 Å². The number of aryl methyl sites for hydroxylation is 2. The summed E-state index contributed by atoms with van der Waals surface area (Å²) in [4.78, 5) is 25.4. The predicted molar refractivity (Wildman–Crippen MR) is 107 cm³/mol.